The van der Waals surface area contributed by atoms with Gasteiger partial charge in [-0.15, -0.1) is 0 Å². The zero-order valence-electron chi connectivity index (χ0n) is 4.40. The van der Waals surface area contributed by atoms with Crippen molar-refractivity contribution in [2.24, 2.45) is 0 Å². The van der Waals surface area contributed by atoms with Crippen LogP contribution in [0.15, 0.2) is 17.0 Å². The van der Waals surface area contributed by atoms with Crippen LogP contribution < -0.4 is 0 Å². The van der Waals surface area contributed by atoms with Gasteiger partial charge in [0.2, 0.25) is 5.65 Å². The molecule has 2 aromatic rings. The predicted molar refractivity (Wildman–Crippen MR) is 28.4 cm³/mol. The molecule has 0 aliphatic carbocycles. The topological polar surface area (TPSA) is 51.8 Å². The molecule has 0 amide bonds. The van der Waals surface area contributed by atoms with Crippen molar-refractivity contribution in [2.75, 3.05) is 0 Å². The Hall–Kier alpha value is -1.45. The highest BCUT2D eigenvalue weighted by Gasteiger charge is 1.95. The smallest absolute Gasteiger partial charge is 0.266 e. The maximum Gasteiger partial charge on any atom is 0.266 e. The molecule has 4 heteroatoms. The Bertz CT molecular complexity index is 286. The normalized spacial score (nSPS) is 10.2. The highest BCUT2D eigenvalue weighted by Crippen LogP contribution is 2.01. The molecule has 43 valence electrons. The van der Waals surface area contributed by atoms with Gasteiger partial charge in [-0.2, -0.15) is 4.98 Å². The molecule has 0 aliphatic rings. The van der Waals surface area contributed by atoms with Crippen LogP contribution in [0.4, 0.5) is 0 Å². The molecule has 2 rings (SSSR count). The molecule has 0 saturated heterocycles. The van der Waals surface area contributed by atoms with E-state index in [1.807, 2.05) is 0 Å². The summed E-state index contributed by atoms with van der Waals surface area (Å²) in [6, 6.07) is 0. The molecule has 0 aliphatic heterocycles. The third kappa shape index (κ3) is 0.561. The molecule has 0 aromatic carbocycles. The maximum atomic E-state index is 4.80. The van der Waals surface area contributed by atoms with Gasteiger partial charge in [0.15, 0.2) is 6.39 Å². The van der Waals surface area contributed by atoms with Gasteiger partial charge in [0, 0.05) is 0 Å². The van der Waals surface area contributed by atoms with Gasteiger partial charge in [-0.25, -0.2) is 9.97 Å². The summed E-state index contributed by atoms with van der Waals surface area (Å²) in [6.45, 7) is 0. The number of fused-ring (bicyclic) bond motifs is 1. The number of rotatable bonds is 0. The number of aromatic nitrogens is 3. The minimum Gasteiger partial charge on any atom is -0.424 e. The van der Waals surface area contributed by atoms with Crippen molar-refractivity contribution in [3.05, 3.63) is 18.8 Å². The first-order chi connectivity index (χ1) is 4.47. The van der Waals surface area contributed by atoms with Crippen molar-refractivity contribution in [1.29, 1.82) is 0 Å². The molecule has 0 unspecified atom stereocenters. The Morgan fingerprint density at radius 2 is 2.44 bits per heavy atom. The Balaban J connectivity index is 2.95. The van der Waals surface area contributed by atoms with Gasteiger partial charge < -0.3 is 4.42 Å². The lowest BCUT2D eigenvalue weighted by atomic mass is 10.7. The molecule has 0 spiro atoms. The quantitative estimate of drug-likeness (QED) is 0.505. The fourth-order valence-electron chi connectivity index (χ4n) is 0.577. The predicted octanol–water partition coefficient (Wildman–Crippen LogP) is 0.418. The van der Waals surface area contributed by atoms with Crippen molar-refractivity contribution in [2.45, 2.75) is 0 Å². The third-order valence-corrected chi connectivity index (χ3v) is 0.941. The van der Waals surface area contributed by atoms with E-state index >= 15 is 0 Å². The highest BCUT2D eigenvalue weighted by molar-refractivity contribution is 5.60. The standard InChI is InChI=1S/C5H2N3O/c1-2-7-5-4(6-1)8-3-9-5/h1,3H. The van der Waals surface area contributed by atoms with Gasteiger partial charge in [0.1, 0.15) is 6.20 Å². The summed E-state index contributed by atoms with van der Waals surface area (Å²) in [5.74, 6) is 0. The number of oxazole rings is 1. The van der Waals surface area contributed by atoms with E-state index in [9.17, 15) is 0 Å². The molecular weight excluding hydrogens is 118 g/mol. The average Bonchev–Trinajstić information content (AvgIpc) is 2.33. The number of hydrogen-bond acceptors (Lipinski definition) is 4. The largest absolute Gasteiger partial charge is 0.424 e. The van der Waals surface area contributed by atoms with Gasteiger partial charge in [0.25, 0.3) is 5.71 Å². The molecule has 2 heterocycles. The first kappa shape index (κ1) is 4.43. The fraction of sp³-hybridized carbons (Fsp3) is 0. The van der Waals surface area contributed by atoms with Crippen molar-refractivity contribution in [3.63, 3.8) is 0 Å². The summed E-state index contributed by atoms with van der Waals surface area (Å²) in [7, 11) is 0. The van der Waals surface area contributed by atoms with E-state index in [0.29, 0.717) is 11.4 Å². The van der Waals surface area contributed by atoms with Gasteiger partial charge in [-0.05, 0) is 0 Å². The minimum absolute atomic E-state index is 0.428. The zero-order valence-corrected chi connectivity index (χ0v) is 4.40. The summed E-state index contributed by atoms with van der Waals surface area (Å²) in [6.07, 6.45) is 5.28. The van der Waals surface area contributed by atoms with E-state index in [4.69, 9.17) is 4.42 Å². The SMILES string of the molecule is [c]1cnc2ncoc2n1. The van der Waals surface area contributed by atoms with Gasteiger partial charge >= 0.3 is 0 Å². The first-order valence-electron chi connectivity index (χ1n) is 2.39. The van der Waals surface area contributed by atoms with E-state index in [2.05, 4.69) is 21.1 Å². The third-order valence-electron chi connectivity index (χ3n) is 0.941. The van der Waals surface area contributed by atoms with E-state index in [1.54, 1.807) is 0 Å². The van der Waals surface area contributed by atoms with E-state index < -0.39 is 0 Å². The van der Waals surface area contributed by atoms with Crippen LogP contribution in [0.2, 0.25) is 0 Å². The maximum absolute atomic E-state index is 4.80. The lowest BCUT2D eigenvalue weighted by molar-refractivity contribution is 0.590. The van der Waals surface area contributed by atoms with Crippen LogP contribution in [-0.2, 0) is 0 Å². The zero-order chi connectivity index (χ0) is 6.10. The molecule has 0 N–H and O–H groups in total. The molecule has 0 fully saturated rings. The van der Waals surface area contributed by atoms with E-state index in [0.717, 1.165) is 0 Å². The molecule has 0 saturated carbocycles. The van der Waals surface area contributed by atoms with Crippen LogP contribution in [0.25, 0.3) is 11.4 Å². The van der Waals surface area contributed by atoms with Crippen LogP contribution in [-0.4, -0.2) is 15.0 Å². The summed E-state index contributed by atoms with van der Waals surface area (Å²) in [5, 5.41) is 0. The Kier molecular flexibility index (Phi) is 0.745. The monoisotopic (exact) mass is 120 g/mol. The number of nitrogens with zero attached hydrogens (tertiary/aromatic N) is 3. The Morgan fingerprint density at radius 1 is 1.44 bits per heavy atom. The van der Waals surface area contributed by atoms with Crippen molar-refractivity contribution in [3.8, 4) is 0 Å². The lowest BCUT2D eigenvalue weighted by Crippen LogP contribution is -1.76. The summed E-state index contributed by atoms with van der Waals surface area (Å²) in [5.41, 5.74) is 0.950. The Morgan fingerprint density at radius 3 is 3.33 bits per heavy atom. The molecular formula is C5H2N3O. The molecule has 0 atom stereocenters. The second-order valence-electron chi connectivity index (χ2n) is 1.48. The van der Waals surface area contributed by atoms with Gasteiger partial charge in [-0.1, -0.05) is 0 Å². The van der Waals surface area contributed by atoms with Crippen LogP contribution >= 0.6 is 0 Å². The van der Waals surface area contributed by atoms with Crippen LogP contribution in [0.1, 0.15) is 0 Å². The molecule has 4 nitrogen and oxygen atoms in total. The average molecular weight is 120 g/mol. The lowest BCUT2D eigenvalue weighted by Gasteiger charge is -1.77. The highest BCUT2D eigenvalue weighted by atomic mass is 16.3. The molecule has 2 aromatic heterocycles. The number of hydrogen-bond donors (Lipinski definition) is 0. The van der Waals surface area contributed by atoms with Gasteiger partial charge in [0.05, 0.1) is 6.20 Å². The Labute approximate surface area is 50.6 Å². The van der Waals surface area contributed by atoms with Crippen molar-refractivity contribution < 1.29 is 4.42 Å². The first-order valence-corrected chi connectivity index (χ1v) is 2.39. The molecule has 9 heavy (non-hydrogen) atoms. The molecule has 1 radical (unpaired) electrons. The second kappa shape index (κ2) is 1.51. The van der Waals surface area contributed by atoms with Crippen LogP contribution in [0, 0.1) is 6.20 Å². The summed E-state index contributed by atoms with van der Waals surface area (Å²) >= 11 is 0. The summed E-state index contributed by atoms with van der Waals surface area (Å²) in [4.78, 5) is 11.3. The van der Waals surface area contributed by atoms with Crippen LogP contribution in [0.5, 0.6) is 0 Å². The minimum atomic E-state index is 0.428. The van der Waals surface area contributed by atoms with Crippen molar-refractivity contribution >= 4 is 11.4 Å². The summed E-state index contributed by atoms with van der Waals surface area (Å²) < 4.78 is 4.80. The second-order valence-corrected chi connectivity index (χ2v) is 1.48. The van der Waals surface area contributed by atoms with E-state index in [-0.39, 0.29) is 0 Å². The van der Waals surface area contributed by atoms with E-state index in [1.165, 1.54) is 12.6 Å². The molecule has 0 bridgehead atoms. The fourth-order valence-corrected chi connectivity index (χ4v) is 0.577. The van der Waals surface area contributed by atoms with Crippen LogP contribution in [0.3, 0.4) is 0 Å². The van der Waals surface area contributed by atoms with Crippen molar-refractivity contribution in [1.82, 2.24) is 15.0 Å². The van der Waals surface area contributed by atoms with Gasteiger partial charge in [-0.3, -0.25) is 0 Å².